The van der Waals surface area contributed by atoms with Crippen molar-refractivity contribution in [1.29, 1.82) is 0 Å². The molecular weight excluding hydrogens is 503 g/mol. The molecule has 0 aliphatic carbocycles. The lowest BCUT2D eigenvalue weighted by molar-refractivity contribution is -0.169. The predicted octanol–water partition coefficient (Wildman–Crippen LogP) is 7.93. The van der Waals surface area contributed by atoms with Crippen LogP contribution < -0.4 is 0 Å². The van der Waals surface area contributed by atoms with Crippen LogP contribution in [0, 0.1) is 18.6 Å². The zero-order valence-electron chi connectivity index (χ0n) is 19.9. The fourth-order valence-electron chi connectivity index (χ4n) is 4.78. The van der Waals surface area contributed by atoms with E-state index in [2.05, 4.69) is 10.2 Å². The minimum Gasteiger partial charge on any atom is -0.290 e. The maximum Gasteiger partial charge on any atom is 0.134 e. The molecule has 4 nitrogen and oxygen atoms in total. The van der Waals surface area contributed by atoms with Crippen molar-refractivity contribution in [2.45, 2.75) is 31.9 Å². The van der Waals surface area contributed by atoms with Crippen molar-refractivity contribution >= 4 is 23.2 Å². The fraction of sp³-hybridized carbons (Fsp3) is 0.214. The number of hydrogen-bond donors (Lipinski definition) is 0. The summed E-state index contributed by atoms with van der Waals surface area (Å²) < 4.78 is 30.2. The first-order valence-electron chi connectivity index (χ1n) is 11.4. The smallest absolute Gasteiger partial charge is 0.134 e. The number of nitrogens with zero attached hydrogens (tertiary/aromatic N) is 3. The van der Waals surface area contributed by atoms with Crippen LogP contribution in [0.1, 0.15) is 36.4 Å². The summed E-state index contributed by atoms with van der Waals surface area (Å²) in [5.41, 5.74) is 2.66. The SMILES string of the molecule is Cc1nnc(C2(C)CC(c3ccc(Cl)cc3)ON2C)c(-c2ccc(Cl)cc2)c1-c1c(F)cccc1F. The van der Waals surface area contributed by atoms with Gasteiger partial charge in [0.05, 0.1) is 22.5 Å². The van der Waals surface area contributed by atoms with E-state index >= 15 is 8.78 Å². The Labute approximate surface area is 218 Å². The Morgan fingerprint density at radius 3 is 2.06 bits per heavy atom. The third-order valence-electron chi connectivity index (χ3n) is 6.81. The molecule has 184 valence electrons. The van der Waals surface area contributed by atoms with E-state index < -0.39 is 17.2 Å². The maximum atomic E-state index is 15.1. The molecule has 3 aromatic carbocycles. The van der Waals surface area contributed by atoms with Crippen LogP contribution >= 0.6 is 23.2 Å². The molecule has 0 spiro atoms. The van der Waals surface area contributed by atoms with Crippen molar-refractivity contribution in [2.24, 2.45) is 0 Å². The van der Waals surface area contributed by atoms with Gasteiger partial charge in [0, 0.05) is 34.6 Å². The molecule has 0 N–H and O–H groups in total. The molecule has 0 saturated carbocycles. The Bertz CT molecular complexity index is 1410. The van der Waals surface area contributed by atoms with E-state index in [9.17, 15) is 0 Å². The number of benzene rings is 3. The van der Waals surface area contributed by atoms with Gasteiger partial charge in [-0.2, -0.15) is 15.3 Å². The summed E-state index contributed by atoms with van der Waals surface area (Å²) in [6.07, 6.45) is 0.259. The highest BCUT2D eigenvalue weighted by Crippen LogP contribution is 2.50. The van der Waals surface area contributed by atoms with Gasteiger partial charge in [0.1, 0.15) is 17.7 Å². The van der Waals surface area contributed by atoms with E-state index in [1.54, 1.807) is 24.1 Å². The van der Waals surface area contributed by atoms with E-state index in [-0.39, 0.29) is 11.7 Å². The lowest BCUT2D eigenvalue weighted by Crippen LogP contribution is -2.36. The van der Waals surface area contributed by atoms with Gasteiger partial charge in [-0.05, 0) is 61.4 Å². The van der Waals surface area contributed by atoms with E-state index in [0.29, 0.717) is 39.0 Å². The molecule has 2 unspecified atom stereocenters. The number of hydrogen-bond acceptors (Lipinski definition) is 4. The molecule has 5 rings (SSSR count). The topological polar surface area (TPSA) is 38.3 Å². The molecular formula is C28H23Cl2F2N3O. The maximum absolute atomic E-state index is 15.1. The summed E-state index contributed by atoms with van der Waals surface area (Å²) in [6.45, 7) is 3.69. The Balaban J connectivity index is 1.74. The van der Waals surface area contributed by atoms with Crippen molar-refractivity contribution in [1.82, 2.24) is 15.3 Å². The first-order chi connectivity index (χ1) is 17.2. The number of hydroxylamine groups is 2. The highest BCUT2D eigenvalue weighted by atomic mass is 35.5. The third-order valence-corrected chi connectivity index (χ3v) is 7.31. The van der Waals surface area contributed by atoms with Crippen LogP contribution in [0.15, 0.2) is 66.7 Å². The molecule has 1 aliphatic rings. The predicted molar refractivity (Wildman–Crippen MR) is 138 cm³/mol. The second kappa shape index (κ2) is 9.52. The van der Waals surface area contributed by atoms with Crippen LogP contribution in [0.4, 0.5) is 8.78 Å². The lowest BCUT2D eigenvalue weighted by Gasteiger charge is -2.32. The van der Waals surface area contributed by atoms with Gasteiger partial charge in [0.25, 0.3) is 0 Å². The van der Waals surface area contributed by atoms with Crippen molar-refractivity contribution in [2.75, 3.05) is 7.05 Å². The molecule has 1 aliphatic heterocycles. The number of rotatable bonds is 4. The van der Waals surface area contributed by atoms with E-state index in [4.69, 9.17) is 28.0 Å². The first kappa shape index (κ1) is 24.8. The molecule has 1 aromatic heterocycles. The van der Waals surface area contributed by atoms with Gasteiger partial charge in [-0.3, -0.25) is 4.84 Å². The van der Waals surface area contributed by atoms with Crippen LogP contribution in [0.3, 0.4) is 0 Å². The van der Waals surface area contributed by atoms with Crippen molar-refractivity contribution < 1.29 is 13.6 Å². The number of aryl methyl sites for hydroxylation is 1. The summed E-state index contributed by atoms with van der Waals surface area (Å²) in [5, 5.41) is 11.9. The highest BCUT2D eigenvalue weighted by molar-refractivity contribution is 6.30. The van der Waals surface area contributed by atoms with Crippen LogP contribution in [-0.4, -0.2) is 22.3 Å². The van der Waals surface area contributed by atoms with Gasteiger partial charge < -0.3 is 0 Å². The summed E-state index contributed by atoms with van der Waals surface area (Å²) >= 11 is 12.2. The average molecular weight is 526 g/mol. The quantitative estimate of drug-likeness (QED) is 0.271. The number of halogens is 4. The molecule has 1 saturated heterocycles. The molecule has 2 atom stereocenters. The second-order valence-electron chi connectivity index (χ2n) is 9.11. The summed E-state index contributed by atoms with van der Waals surface area (Å²) in [4.78, 5) is 6.24. The largest absolute Gasteiger partial charge is 0.290 e. The third kappa shape index (κ3) is 4.28. The van der Waals surface area contributed by atoms with Crippen molar-refractivity contribution in [3.63, 3.8) is 0 Å². The van der Waals surface area contributed by atoms with Crippen LogP contribution in [0.25, 0.3) is 22.3 Å². The van der Waals surface area contributed by atoms with Crippen LogP contribution in [0.5, 0.6) is 0 Å². The minimum atomic E-state index is -0.767. The van der Waals surface area contributed by atoms with E-state index in [1.807, 2.05) is 50.4 Å². The standard InChI is InChI=1S/C28H23Cl2F2N3O/c1-16-24(26-21(31)5-4-6-22(26)32)25(18-9-13-20(30)14-10-18)27(34-33-16)28(2)15-23(36-35(28)3)17-7-11-19(29)12-8-17/h4-14,23H,15H2,1-3H3. The van der Waals surface area contributed by atoms with Gasteiger partial charge in [-0.25, -0.2) is 8.78 Å². The monoisotopic (exact) mass is 525 g/mol. The molecule has 8 heteroatoms. The Kier molecular flexibility index (Phi) is 6.55. The Morgan fingerprint density at radius 1 is 0.861 bits per heavy atom. The van der Waals surface area contributed by atoms with Crippen molar-refractivity contribution in [3.8, 4) is 22.3 Å². The lowest BCUT2D eigenvalue weighted by atomic mass is 9.82. The van der Waals surface area contributed by atoms with Gasteiger partial charge >= 0.3 is 0 Å². The van der Waals surface area contributed by atoms with E-state index in [0.717, 1.165) is 11.1 Å². The Hall–Kier alpha value is -2.90. The summed E-state index contributed by atoms with van der Waals surface area (Å²) in [6, 6.07) is 18.4. The van der Waals surface area contributed by atoms with Crippen LogP contribution in [0.2, 0.25) is 10.0 Å². The Morgan fingerprint density at radius 2 is 1.44 bits per heavy atom. The fourth-order valence-corrected chi connectivity index (χ4v) is 5.03. The van der Waals surface area contributed by atoms with Crippen molar-refractivity contribution in [3.05, 3.63) is 105 Å². The molecule has 0 amide bonds. The zero-order chi connectivity index (χ0) is 25.6. The van der Waals surface area contributed by atoms with Gasteiger partial charge in [0.15, 0.2) is 0 Å². The normalized spacial score (nSPS) is 20.1. The molecule has 1 fully saturated rings. The van der Waals surface area contributed by atoms with Gasteiger partial charge in [-0.15, -0.1) is 0 Å². The minimum absolute atomic E-state index is 0.143. The second-order valence-corrected chi connectivity index (χ2v) is 9.98. The summed E-state index contributed by atoms with van der Waals surface area (Å²) in [7, 11) is 1.83. The van der Waals surface area contributed by atoms with Gasteiger partial charge in [-0.1, -0.05) is 53.5 Å². The summed E-state index contributed by atoms with van der Waals surface area (Å²) in [5.74, 6) is -1.35. The highest BCUT2D eigenvalue weighted by Gasteiger charge is 2.47. The zero-order valence-corrected chi connectivity index (χ0v) is 21.4. The molecule has 0 radical (unpaired) electrons. The molecule has 2 heterocycles. The average Bonchev–Trinajstić information content (AvgIpc) is 3.16. The molecule has 36 heavy (non-hydrogen) atoms. The van der Waals surface area contributed by atoms with E-state index in [1.165, 1.54) is 18.2 Å². The van der Waals surface area contributed by atoms with Crippen LogP contribution in [-0.2, 0) is 10.4 Å². The first-order valence-corrected chi connectivity index (χ1v) is 12.2. The van der Waals surface area contributed by atoms with Gasteiger partial charge in [0.2, 0.25) is 0 Å². The molecule has 4 aromatic rings. The number of aromatic nitrogens is 2. The molecule has 0 bridgehead atoms.